The molecule has 0 saturated carbocycles. The Morgan fingerprint density at radius 3 is 2.10 bits per heavy atom. The SMILES string of the molecule is C(=C\c1nc2cc(-c3ccccc3)cnc2n1Cc1ccccc1)/c1ccccc1. The van der Waals surface area contributed by atoms with Gasteiger partial charge >= 0.3 is 0 Å². The molecule has 5 rings (SSSR count). The van der Waals surface area contributed by atoms with E-state index in [4.69, 9.17) is 9.97 Å². The first-order valence-corrected chi connectivity index (χ1v) is 10.1. The highest BCUT2D eigenvalue weighted by molar-refractivity contribution is 5.81. The Morgan fingerprint density at radius 2 is 1.37 bits per heavy atom. The van der Waals surface area contributed by atoms with Crippen molar-refractivity contribution in [3.8, 4) is 11.1 Å². The smallest absolute Gasteiger partial charge is 0.160 e. The van der Waals surface area contributed by atoms with E-state index in [9.17, 15) is 0 Å². The minimum atomic E-state index is 0.726. The normalized spacial score (nSPS) is 11.3. The zero-order valence-corrected chi connectivity index (χ0v) is 16.5. The fraction of sp³-hybridized carbons (Fsp3) is 0.0370. The molecule has 3 heteroatoms. The Hall–Kier alpha value is -3.98. The van der Waals surface area contributed by atoms with Crippen molar-refractivity contribution in [2.75, 3.05) is 0 Å². The van der Waals surface area contributed by atoms with Crippen molar-refractivity contribution in [1.29, 1.82) is 0 Å². The molecule has 0 unspecified atom stereocenters. The third kappa shape index (κ3) is 3.78. The second-order valence-corrected chi connectivity index (χ2v) is 7.22. The number of nitrogens with zero attached hydrogens (tertiary/aromatic N) is 3. The van der Waals surface area contributed by atoms with Crippen molar-refractivity contribution in [2.45, 2.75) is 6.54 Å². The molecule has 3 nitrogen and oxygen atoms in total. The van der Waals surface area contributed by atoms with E-state index in [-0.39, 0.29) is 0 Å². The van der Waals surface area contributed by atoms with Gasteiger partial charge in [-0.25, -0.2) is 9.97 Å². The summed E-state index contributed by atoms with van der Waals surface area (Å²) in [5.74, 6) is 0.899. The van der Waals surface area contributed by atoms with Gasteiger partial charge in [-0.05, 0) is 28.8 Å². The summed E-state index contributed by atoms with van der Waals surface area (Å²) in [7, 11) is 0. The van der Waals surface area contributed by atoms with Crippen molar-refractivity contribution in [3.05, 3.63) is 120 Å². The molecule has 5 aromatic rings. The van der Waals surface area contributed by atoms with E-state index in [2.05, 4.69) is 71.3 Å². The van der Waals surface area contributed by atoms with Crippen LogP contribution in [0.2, 0.25) is 0 Å². The number of imidazole rings is 1. The minimum absolute atomic E-state index is 0.726. The molecule has 0 saturated heterocycles. The fourth-order valence-electron chi connectivity index (χ4n) is 3.60. The van der Waals surface area contributed by atoms with Gasteiger partial charge in [-0.2, -0.15) is 0 Å². The molecule has 0 aliphatic carbocycles. The molecule has 3 aromatic carbocycles. The zero-order chi connectivity index (χ0) is 20.2. The molecule has 0 spiro atoms. The lowest BCUT2D eigenvalue weighted by molar-refractivity contribution is 0.804. The van der Waals surface area contributed by atoms with Crippen LogP contribution in [0, 0.1) is 0 Å². The lowest BCUT2D eigenvalue weighted by atomic mass is 10.1. The van der Waals surface area contributed by atoms with Crippen molar-refractivity contribution < 1.29 is 0 Å². The summed E-state index contributed by atoms with van der Waals surface area (Å²) in [5.41, 5.74) is 6.39. The van der Waals surface area contributed by atoms with Crippen LogP contribution < -0.4 is 0 Å². The van der Waals surface area contributed by atoms with Gasteiger partial charge in [0.25, 0.3) is 0 Å². The van der Waals surface area contributed by atoms with Crippen molar-refractivity contribution >= 4 is 23.3 Å². The Balaban J connectivity index is 1.60. The Morgan fingerprint density at radius 1 is 0.700 bits per heavy atom. The van der Waals surface area contributed by atoms with Crippen LogP contribution in [0.3, 0.4) is 0 Å². The number of benzene rings is 3. The van der Waals surface area contributed by atoms with Gasteiger partial charge in [0, 0.05) is 11.8 Å². The summed E-state index contributed by atoms with van der Waals surface area (Å²) in [6, 6.07) is 33.2. The number of rotatable bonds is 5. The third-order valence-electron chi connectivity index (χ3n) is 5.13. The molecule has 2 aromatic heterocycles. The Kier molecular flexibility index (Phi) is 4.93. The van der Waals surface area contributed by atoms with Gasteiger partial charge in [0.15, 0.2) is 5.65 Å². The quantitative estimate of drug-likeness (QED) is 0.353. The van der Waals surface area contributed by atoms with E-state index in [1.807, 2.05) is 48.7 Å². The lowest BCUT2D eigenvalue weighted by Gasteiger charge is -2.07. The van der Waals surface area contributed by atoms with E-state index < -0.39 is 0 Å². The summed E-state index contributed by atoms with van der Waals surface area (Å²) in [6.07, 6.45) is 6.11. The monoisotopic (exact) mass is 387 g/mol. The molecule has 0 aliphatic heterocycles. The highest BCUT2D eigenvalue weighted by Gasteiger charge is 2.12. The van der Waals surface area contributed by atoms with Crippen LogP contribution in [0.4, 0.5) is 0 Å². The first kappa shape index (κ1) is 18.1. The second kappa shape index (κ2) is 8.18. The second-order valence-electron chi connectivity index (χ2n) is 7.22. The molecule has 0 amide bonds. The topological polar surface area (TPSA) is 30.7 Å². The van der Waals surface area contributed by atoms with Crippen LogP contribution in [0.5, 0.6) is 0 Å². The summed E-state index contributed by atoms with van der Waals surface area (Å²) in [5, 5.41) is 0. The molecule has 0 N–H and O–H groups in total. The van der Waals surface area contributed by atoms with Gasteiger partial charge in [-0.1, -0.05) is 97.1 Å². The van der Waals surface area contributed by atoms with E-state index in [0.717, 1.165) is 40.2 Å². The Bertz CT molecular complexity index is 1290. The predicted octanol–water partition coefficient (Wildman–Crippen LogP) is 6.32. The van der Waals surface area contributed by atoms with Crippen LogP contribution in [-0.2, 0) is 6.54 Å². The number of aromatic nitrogens is 3. The highest BCUT2D eigenvalue weighted by atomic mass is 15.1. The van der Waals surface area contributed by atoms with E-state index in [1.165, 1.54) is 5.56 Å². The van der Waals surface area contributed by atoms with Crippen LogP contribution in [0.1, 0.15) is 17.0 Å². The van der Waals surface area contributed by atoms with Crippen molar-refractivity contribution in [1.82, 2.24) is 14.5 Å². The molecular weight excluding hydrogens is 366 g/mol. The van der Waals surface area contributed by atoms with Gasteiger partial charge < -0.3 is 4.57 Å². The number of hydrogen-bond acceptors (Lipinski definition) is 2. The van der Waals surface area contributed by atoms with E-state index in [1.54, 1.807) is 0 Å². The minimum Gasteiger partial charge on any atom is -0.305 e. The molecule has 0 atom stereocenters. The molecule has 144 valence electrons. The van der Waals surface area contributed by atoms with Gasteiger partial charge in [0.2, 0.25) is 0 Å². The van der Waals surface area contributed by atoms with Gasteiger partial charge in [-0.15, -0.1) is 0 Å². The average molecular weight is 387 g/mol. The van der Waals surface area contributed by atoms with Crippen LogP contribution in [-0.4, -0.2) is 14.5 Å². The van der Waals surface area contributed by atoms with Crippen molar-refractivity contribution in [2.24, 2.45) is 0 Å². The fourth-order valence-corrected chi connectivity index (χ4v) is 3.60. The average Bonchev–Trinajstić information content (AvgIpc) is 3.16. The van der Waals surface area contributed by atoms with E-state index >= 15 is 0 Å². The van der Waals surface area contributed by atoms with Crippen molar-refractivity contribution in [3.63, 3.8) is 0 Å². The summed E-state index contributed by atoms with van der Waals surface area (Å²) >= 11 is 0. The third-order valence-corrected chi connectivity index (χ3v) is 5.13. The number of pyridine rings is 1. The maximum atomic E-state index is 4.92. The molecule has 2 heterocycles. The van der Waals surface area contributed by atoms with Gasteiger partial charge in [-0.3, -0.25) is 0 Å². The maximum Gasteiger partial charge on any atom is 0.160 e. The standard InChI is InChI=1S/C27H21N3/c1-4-10-21(11-5-1)16-17-26-29-25-18-24(23-14-8-3-9-15-23)19-28-27(25)30(26)20-22-12-6-2-7-13-22/h1-19H,20H2/b17-16+. The summed E-state index contributed by atoms with van der Waals surface area (Å²) in [4.78, 5) is 9.72. The zero-order valence-electron chi connectivity index (χ0n) is 16.5. The highest BCUT2D eigenvalue weighted by Crippen LogP contribution is 2.24. The lowest BCUT2D eigenvalue weighted by Crippen LogP contribution is -2.03. The predicted molar refractivity (Wildman–Crippen MR) is 124 cm³/mol. The van der Waals surface area contributed by atoms with Crippen LogP contribution >= 0.6 is 0 Å². The first-order chi connectivity index (χ1) is 14.9. The van der Waals surface area contributed by atoms with Gasteiger partial charge in [0.05, 0.1) is 6.54 Å². The molecule has 0 fully saturated rings. The summed E-state index contributed by atoms with van der Waals surface area (Å²) in [6.45, 7) is 0.726. The molecule has 0 aliphatic rings. The van der Waals surface area contributed by atoms with E-state index in [0.29, 0.717) is 0 Å². The first-order valence-electron chi connectivity index (χ1n) is 10.1. The molecule has 0 radical (unpaired) electrons. The maximum absolute atomic E-state index is 4.92. The largest absolute Gasteiger partial charge is 0.305 e. The van der Waals surface area contributed by atoms with Crippen LogP contribution in [0.15, 0.2) is 103 Å². The molecular formula is C27H21N3. The molecule has 30 heavy (non-hydrogen) atoms. The molecule has 0 bridgehead atoms. The van der Waals surface area contributed by atoms with Gasteiger partial charge in [0.1, 0.15) is 11.3 Å². The Labute approximate surface area is 176 Å². The number of fused-ring (bicyclic) bond motifs is 1. The number of hydrogen-bond donors (Lipinski definition) is 0. The van der Waals surface area contributed by atoms with Crippen LogP contribution in [0.25, 0.3) is 34.4 Å². The summed E-state index contributed by atoms with van der Waals surface area (Å²) < 4.78 is 2.18.